The molecule has 0 saturated carbocycles. The van der Waals surface area contributed by atoms with Crippen molar-refractivity contribution in [2.24, 2.45) is 0 Å². The lowest BCUT2D eigenvalue weighted by molar-refractivity contribution is 0.102. The van der Waals surface area contributed by atoms with Crippen molar-refractivity contribution in [3.8, 4) is 27.8 Å². The number of carbonyl (C=O) groups is 1. The lowest BCUT2D eigenvalue weighted by Crippen LogP contribution is -2.14. The highest BCUT2D eigenvalue weighted by molar-refractivity contribution is 7.21. The molecule has 1 N–H and O–H groups in total. The molecule has 0 aliphatic carbocycles. The predicted molar refractivity (Wildman–Crippen MR) is 135 cm³/mol. The lowest BCUT2D eigenvalue weighted by Gasteiger charge is -2.17. The van der Waals surface area contributed by atoms with Gasteiger partial charge in [-0.2, -0.15) is 0 Å². The van der Waals surface area contributed by atoms with Crippen LogP contribution in [0.25, 0.3) is 20.9 Å². The van der Waals surface area contributed by atoms with Crippen molar-refractivity contribution < 1.29 is 19.0 Å². The van der Waals surface area contributed by atoms with Gasteiger partial charge in [-0.15, -0.1) is 0 Å². The lowest BCUT2D eigenvalue weighted by atomic mass is 10.1. The minimum atomic E-state index is -0.259. The molecule has 0 fully saturated rings. The van der Waals surface area contributed by atoms with Gasteiger partial charge in [-0.3, -0.25) is 4.79 Å². The van der Waals surface area contributed by atoms with Crippen LogP contribution in [-0.4, -0.2) is 35.7 Å². The zero-order valence-corrected chi connectivity index (χ0v) is 20.5. The molecular weight excluding hydrogens is 450 g/mol. The van der Waals surface area contributed by atoms with Crippen LogP contribution in [0.2, 0.25) is 0 Å². The van der Waals surface area contributed by atoms with E-state index in [0.29, 0.717) is 42.6 Å². The van der Waals surface area contributed by atoms with E-state index in [1.54, 1.807) is 29.7 Å². The molecule has 4 rings (SSSR count). The number of hydrogen-bond donors (Lipinski definition) is 1. The van der Waals surface area contributed by atoms with Crippen LogP contribution in [0.5, 0.6) is 17.2 Å². The Hall–Kier alpha value is -3.65. The molecule has 0 aliphatic heterocycles. The largest absolute Gasteiger partial charge is 0.490 e. The summed E-state index contributed by atoms with van der Waals surface area (Å²) in [5, 5.41) is 3.89. The summed E-state index contributed by atoms with van der Waals surface area (Å²) in [7, 11) is 0. The van der Waals surface area contributed by atoms with Crippen molar-refractivity contribution in [1.82, 2.24) is 9.97 Å². The number of carbonyl (C=O) groups excluding carboxylic acids is 1. The first-order valence-corrected chi connectivity index (χ1v) is 12.1. The van der Waals surface area contributed by atoms with Crippen LogP contribution in [0.1, 0.15) is 36.7 Å². The Morgan fingerprint density at radius 3 is 2.29 bits per heavy atom. The summed E-state index contributed by atoms with van der Waals surface area (Å²) in [4.78, 5) is 23.1. The van der Waals surface area contributed by atoms with Gasteiger partial charge in [-0.05, 0) is 75.7 Å². The quantitative estimate of drug-likeness (QED) is 0.313. The van der Waals surface area contributed by atoms with E-state index in [9.17, 15) is 4.79 Å². The van der Waals surface area contributed by atoms with Gasteiger partial charge in [-0.1, -0.05) is 11.3 Å². The third-order valence-electron chi connectivity index (χ3n) is 5.06. The Bertz CT molecular complexity index is 1260. The number of pyridine rings is 1. The van der Waals surface area contributed by atoms with E-state index in [1.165, 1.54) is 0 Å². The summed E-state index contributed by atoms with van der Waals surface area (Å²) < 4.78 is 17.2. The fourth-order valence-corrected chi connectivity index (χ4v) is 4.45. The first kappa shape index (κ1) is 23.5. The van der Waals surface area contributed by atoms with Crippen LogP contribution in [0.4, 0.5) is 5.69 Å². The first-order chi connectivity index (χ1) is 16.5. The van der Waals surface area contributed by atoms with Crippen molar-refractivity contribution in [2.45, 2.75) is 27.7 Å². The number of rotatable bonds is 9. The van der Waals surface area contributed by atoms with Gasteiger partial charge in [0.2, 0.25) is 5.75 Å². The molecule has 7 nitrogen and oxygen atoms in total. The topological polar surface area (TPSA) is 82.6 Å². The number of nitrogens with one attached hydrogen (secondary N) is 1. The highest BCUT2D eigenvalue weighted by Gasteiger charge is 2.19. The van der Waals surface area contributed by atoms with E-state index in [2.05, 4.69) is 15.3 Å². The minimum absolute atomic E-state index is 0.259. The van der Waals surface area contributed by atoms with E-state index in [-0.39, 0.29) is 5.91 Å². The molecule has 0 bridgehead atoms. The van der Waals surface area contributed by atoms with Crippen LogP contribution in [-0.2, 0) is 0 Å². The summed E-state index contributed by atoms with van der Waals surface area (Å²) in [5.74, 6) is 1.22. The first-order valence-electron chi connectivity index (χ1n) is 11.2. The Labute approximate surface area is 202 Å². The van der Waals surface area contributed by atoms with E-state index >= 15 is 0 Å². The Morgan fingerprint density at radius 1 is 0.971 bits per heavy atom. The van der Waals surface area contributed by atoms with Gasteiger partial charge in [0.25, 0.3) is 5.91 Å². The van der Waals surface area contributed by atoms with Gasteiger partial charge in [0, 0.05) is 23.0 Å². The number of ether oxygens (including phenoxy) is 3. The fraction of sp³-hybridized carbons (Fsp3) is 0.269. The Kier molecular flexibility index (Phi) is 7.27. The molecule has 2 aromatic heterocycles. The number of amides is 1. The molecule has 0 atom stereocenters. The molecule has 0 unspecified atom stereocenters. The molecule has 8 heteroatoms. The van der Waals surface area contributed by atoms with Gasteiger partial charge < -0.3 is 19.5 Å². The number of aryl methyl sites for hydroxylation is 1. The second kappa shape index (κ2) is 10.5. The van der Waals surface area contributed by atoms with Crippen molar-refractivity contribution in [1.29, 1.82) is 0 Å². The summed E-state index contributed by atoms with van der Waals surface area (Å²) in [6.45, 7) is 8.97. The maximum absolute atomic E-state index is 13.1. The molecule has 2 aromatic carbocycles. The van der Waals surface area contributed by atoms with Crippen molar-refractivity contribution in [3.05, 3.63) is 59.8 Å². The van der Waals surface area contributed by atoms with E-state index in [0.717, 1.165) is 32.2 Å². The summed E-state index contributed by atoms with van der Waals surface area (Å²) >= 11 is 1.54. The van der Waals surface area contributed by atoms with Gasteiger partial charge in [0.15, 0.2) is 11.5 Å². The maximum Gasteiger partial charge on any atom is 0.255 e. The standard InChI is InChI=1S/C26H27N3O4S/c1-5-31-21-14-18(15-22(32-6-2)23(21)33-7-3)24(30)28-19-11-10-17(13-16(19)4)25-29-20-9-8-12-27-26(20)34-25/h8-15H,5-7H2,1-4H3,(H,28,30). The SMILES string of the molecule is CCOc1cc(C(=O)Nc2ccc(-c3nc4cccnc4s3)cc2C)cc(OCC)c1OCC. The van der Waals surface area contributed by atoms with E-state index in [4.69, 9.17) is 14.2 Å². The molecule has 34 heavy (non-hydrogen) atoms. The average Bonchev–Trinajstić information content (AvgIpc) is 3.27. The van der Waals surface area contributed by atoms with E-state index in [1.807, 2.05) is 58.0 Å². The van der Waals surface area contributed by atoms with Gasteiger partial charge in [0.1, 0.15) is 15.4 Å². The third kappa shape index (κ3) is 4.97. The second-order valence-electron chi connectivity index (χ2n) is 7.43. The normalized spacial score (nSPS) is 10.8. The minimum Gasteiger partial charge on any atom is -0.490 e. The predicted octanol–water partition coefficient (Wildman–Crippen LogP) is 6.12. The Balaban J connectivity index is 1.60. The number of fused-ring (bicyclic) bond motifs is 1. The summed E-state index contributed by atoms with van der Waals surface area (Å²) in [6.07, 6.45) is 1.77. The molecule has 2 heterocycles. The molecular formula is C26H27N3O4S. The van der Waals surface area contributed by atoms with Crippen molar-refractivity contribution in [3.63, 3.8) is 0 Å². The van der Waals surface area contributed by atoms with E-state index < -0.39 is 0 Å². The number of nitrogens with zero attached hydrogens (tertiary/aromatic N) is 2. The molecule has 1 amide bonds. The number of aromatic nitrogens is 2. The number of anilines is 1. The van der Waals surface area contributed by atoms with Gasteiger partial charge in [-0.25, -0.2) is 9.97 Å². The van der Waals surface area contributed by atoms with Gasteiger partial charge >= 0.3 is 0 Å². The van der Waals surface area contributed by atoms with Crippen LogP contribution in [0.3, 0.4) is 0 Å². The zero-order valence-electron chi connectivity index (χ0n) is 19.7. The number of hydrogen-bond acceptors (Lipinski definition) is 7. The molecule has 0 saturated heterocycles. The Morgan fingerprint density at radius 2 is 1.68 bits per heavy atom. The van der Waals surface area contributed by atoms with Crippen LogP contribution in [0, 0.1) is 6.92 Å². The van der Waals surface area contributed by atoms with Crippen molar-refractivity contribution in [2.75, 3.05) is 25.1 Å². The second-order valence-corrected chi connectivity index (χ2v) is 8.41. The average molecular weight is 478 g/mol. The summed E-state index contributed by atoms with van der Waals surface area (Å²) in [6, 6.07) is 13.1. The molecule has 4 aromatic rings. The number of thiazole rings is 1. The molecule has 0 radical (unpaired) electrons. The monoisotopic (exact) mass is 477 g/mol. The van der Waals surface area contributed by atoms with Crippen LogP contribution in [0.15, 0.2) is 48.7 Å². The maximum atomic E-state index is 13.1. The highest BCUT2D eigenvalue weighted by atomic mass is 32.1. The molecule has 0 spiro atoms. The highest BCUT2D eigenvalue weighted by Crippen LogP contribution is 2.39. The van der Waals surface area contributed by atoms with Crippen LogP contribution >= 0.6 is 11.3 Å². The zero-order chi connectivity index (χ0) is 24.1. The fourth-order valence-electron chi connectivity index (χ4n) is 3.54. The smallest absolute Gasteiger partial charge is 0.255 e. The number of benzene rings is 2. The third-order valence-corrected chi connectivity index (χ3v) is 6.09. The van der Waals surface area contributed by atoms with Gasteiger partial charge in [0.05, 0.1) is 19.8 Å². The molecule has 176 valence electrons. The van der Waals surface area contributed by atoms with Crippen molar-refractivity contribution >= 4 is 33.3 Å². The molecule has 0 aliphatic rings. The summed E-state index contributed by atoms with van der Waals surface area (Å²) in [5.41, 5.74) is 3.94. The van der Waals surface area contributed by atoms with Crippen LogP contribution < -0.4 is 19.5 Å².